The number of nitrogens with zero attached hydrogens (tertiary/aromatic N) is 8. The van der Waals surface area contributed by atoms with Gasteiger partial charge in [0.1, 0.15) is 0 Å². The summed E-state index contributed by atoms with van der Waals surface area (Å²) in [7, 11) is 0. The van der Waals surface area contributed by atoms with E-state index in [-0.39, 0.29) is 23.3 Å². The third-order valence-electron chi connectivity index (χ3n) is 12.0. The van der Waals surface area contributed by atoms with Gasteiger partial charge in [0.05, 0.1) is 57.5 Å². The maximum atomic E-state index is 14.9. The predicted molar refractivity (Wildman–Crippen MR) is 245 cm³/mol. The first kappa shape index (κ1) is 37.7. The lowest BCUT2D eigenvalue weighted by Gasteiger charge is -2.18. The van der Waals surface area contributed by atoms with Crippen molar-refractivity contribution in [3.8, 4) is 29.0 Å². The van der Waals surface area contributed by atoms with Gasteiger partial charge in [0.2, 0.25) is 11.9 Å². The van der Waals surface area contributed by atoms with Crippen LogP contribution >= 0.6 is 0 Å². The monoisotopic (exact) mass is 826 g/mol. The first-order valence-electron chi connectivity index (χ1n) is 20.2. The number of benzene rings is 7. The average Bonchev–Trinajstić information content (AvgIpc) is 3.89. The smallest absolute Gasteiger partial charge is 0.309 e. The molecule has 0 radical (unpaired) electrons. The highest BCUT2D eigenvalue weighted by Gasteiger charge is 2.33. The quantitative estimate of drug-likeness (QED) is 0.166. The number of halogens is 3. The van der Waals surface area contributed by atoms with Gasteiger partial charge in [-0.3, -0.25) is 9.13 Å². The number of alkyl halides is 3. The van der Waals surface area contributed by atoms with Crippen molar-refractivity contribution in [1.29, 1.82) is 0 Å². The number of aryl methyl sites for hydroxylation is 4. The molecule has 0 aliphatic heterocycles. The van der Waals surface area contributed by atoms with Crippen LogP contribution in [0.25, 0.3) is 104 Å². The molecule has 0 N–H and O–H groups in total. The molecule has 11 heteroatoms. The molecule has 0 bridgehead atoms. The molecule has 0 fully saturated rings. The molecule has 302 valence electrons. The molecule has 63 heavy (non-hydrogen) atoms. The molecule has 11 aromatic rings. The van der Waals surface area contributed by atoms with Crippen LogP contribution in [0.2, 0.25) is 0 Å². The van der Waals surface area contributed by atoms with Gasteiger partial charge < -0.3 is 4.57 Å². The lowest BCUT2D eigenvalue weighted by molar-refractivity contribution is -0.137. The lowest BCUT2D eigenvalue weighted by Crippen LogP contribution is -2.12. The summed E-state index contributed by atoms with van der Waals surface area (Å²) >= 11 is 0. The van der Waals surface area contributed by atoms with Crippen LogP contribution in [-0.4, -0.2) is 28.7 Å². The van der Waals surface area contributed by atoms with Gasteiger partial charge in [0, 0.05) is 27.1 Å². The highest BCUT2D eigenvalue weighted by molar-refractivity contribution is 6.13. The molecule has 7 aromatic carbocycles. The van der Waals surface area contributed by atoms with Crippen LogP contribution in [0.3, 0.4) is 0 Å². The minimum absolute atomic E-state index is 0.0186. The second-order valence-electron chi connectivity index (χ2n) is 16.2. The number of hydrogen-bond donors (Lipinski definition) is 0. The van der Waals surface area contributed by atoms with Crippen molar-refractivity contribution in [2.75, 3.05) is 0 Å². The normalized spacial score (nSPS) is 12.0. The van der Waals surface area contributed by atoms with E-state index in [0.29, 0.717) is 38.9 Å². The molecule has 0 atom stereocenters. The van der Waals surface area contributed by atoms with Crippen LogP contribution in [0.1, 0.15) is 27.8 Å². The van der Waals surface area contributed by atoms with Gasteiger partial charge >= 0.3 is 6.18 Å². The van der Waals surface area contributed by atoms with Crippen LogP contribution in [0.5, 0.6) is 0 Å². The summed E-state index contributed by atoms with van der Waals surface area (Å²) in [6.45, 7) is 23.6. The summed E-state index contributed by atoms with van der Waals surface area (Å²) in [5, 5.41) is 5.31. The van der Waals surface area contributed by atoms with Crippen molar-refractivity contribution in [2.24, 2.45) is 0 Å². The van der Waals surface area contributed by atoms with Crippen molar-refractivity contribution in [1.82, 2.24) is 28.7 Å². The minimum Gasteiger partial charge on any atom is -0.309 e. The molecule has 0 unspecified atom stereocenters. The van der Waals surface area contributed by atoms with Crippen molar-refractivity contribution in [3.63, 3.8) is 0 Å². The Labute approximate surface area is 358 Å². The molecule has 0 aliphatic carbocycles. The van der Waals surface area contributed by atoms with E-state index in [1.54, 1.807) is 36.4 Å². The largest absolute Gasteiger partial charge is 0.416 e. The SMILES string of the molecule is [C-]#[N+]c1ccc2c(c1)c1cc([N+]#[C-])ccc1n2-c1ccc(C(F)(F)F)cc1-c1nc(-n2c3ccc(C)cc3c3cc(C)ccc32)nc(-n2c3ccc(C)cc3c3cc(C)ccc32)n1. The van der Waals surface area contributed by atoms with Crippen molar-refractivity contribution in [2.45, 2.75) is 33.9 Å². The van der Waals surface area contributed by atoms with E-state index in [2.05, 4.69) is 34.0 Å². The zero-order valence-corrected chi connectivity index (χ0v) is 34.3. The molecule has 4 heterocycles. The van der Waals surface area contributed by atoms with Crippen LogP contribution in [-0.2, 0) is 6.18 Å². The van der Waals surface area contributed by atoms with E-state index >= 15 is 0 Å². The van der Waals surface area contributed by atoms with Crippen molar-refractivity contribution < 1.29 is 13.2 Å². The van der Waals surface area contributed by atoms with Gasteiger partial charge in [-0.05, 0) is 129 Å². The maximum Gasteiger partial charge on any atom is 0.416 e. The molecule has 8 nitrogen and oxygen atoms in total. The average molecular weight is 827 g/mol. The van der Waals surface area contributed by atoms with Crippen LogP contribution < -0.4 is 0 Å². The standard InChI is InChI=1S/C52H33F3N8/c1-28-7-14-44-35(21-28)36-22-29(2)8-15-45(36)62(44)50-58-49(59-51(60-50)63-46-16-9-30(3)23-37(46)38-24-31(4)10-17-47(38)63)41-25-32(52(53,54)55)11-18-48(41)61-42-19-12-33(56-5)26-39(42)40-27-34(57-6)13-20-43(40)61/h7-27H,1-4H3. The van der Waals surface area contributed by atoms with Gasteiger partial charge in [-0.1, -0.05) is 58.7 Å². The zero-order chi connectivity index (χ0) is 43.5. The Balaban J connectivity index is 1.30. The minimum atomic E-state index is -4.70. The molecular weight excluding hydrogens is 794 g/mol. The molecule has 0 spiro atoms. The first-order chi connectivity index (χ1) is 30.4. The number of rotatable bonds is 4. The Bertz CT molecular complexity index is 3540. The topological polar surface area (TPSA) is 62.2 Å². The van der Waals surface area contributed by atoms with Gasteiger partial charge in [0.25, 0.3) is 0 Å². The van der Waals surface area contributed by atoms with Gasteiger partial charge in [-0.2, -0.15) is 28.1 Å². The third-order valence-corrected chi connectivity index (χ3v) is 12.0. The Hall–Kier alpha value is -8.28. The highest BCUT2D eigenvalue weighted by Crippen LogP contribution is 2.42. The second kappa shape index (κ2) is 13.6. The van der Waals surface area contributed by atoms with Crippen LogP contribution in [0.4, 0.5) is 24.5 Å². The van der Waals surface area contributed by atoms with E-state index in [1.807, 2.05) is 89.9 Å². The van der Waals surface area contributed by atoms with Gasteiger partial charge in [0.15, 0.2) is 17.2 Å². The molecule has 0 saturated heterocycles. The summed E-state index contributed by atoms with van der Waals surface area (Å²) < 4.78 is 50.6. The van der Waals surface area contributed by atoms with E-state index in [9.17, 15) is 13.2 Å². The van der Waals surface area contributed by atoms with Crippen molar-refractivity contribution in [3.05, 3.63) is 178 Å². The molecule has 4 aromatic heterocycles. The Morgan fingerprint density at radius 3 is 1.17 bits per heavy atom. The Morgan fingerprint density at radius 2 is 0.794 bits per heavy atom. The van der Waals surface area contributed by atoms with Gasteiger partial charge in [-0.15, -0.1) is 0 Å². The summed E-state index contributed by atoms with van der Waals surface area (Å²) in [5.41, 5.74) is 9.27. The fourth-order valence-corrected chi connectivity index (χ4v) is 9.09. The Kier molecular flexibility index (Phi) is 8.15. The summed E-state index contributed by atoms with van der Waals surface area (Å²) in [6.07, 6.45) is -4.70. The van der Waals surface area contributed by atoms with Crippen LogP contribution in [0.15, 0.2) is 127 Å². The third kappa shape index (κ3) is 5.85. The molecule has 11 rings (SSSR count). The first-order valence-corrected chi connectivity index (χ1v) is 20.2. The summed E-state index contributed by atoms with van der Waals surface area (Å²) in [4.78, 5) is 22.9. The maximum absolute atomic E-state index is 14.9. The Morgan fingerprint density at radius 1 is 0.429 bits per heavy atom. The number of hydrogen-bond acceptors (Lipinski definition) is 3. The number of fused-ring (bicyclic) bond motifs is 9. The van der Waals surface area contributed by atoms with E-state index in [4.69, 9.17) is 28.1 Å². The second-order valence-corrected chi connectivity index (χ2v) is 16.2. The van der Waals surface area contributed by atoms with Crippen LogP contribution in [0, 0.1) is 40.8 Å². The van der Waals surface area contributed by atoms with E-state index < -0.39 is 11.7 Å². The van der Waals surface area contributed by atoms with Gasteiger partial charge in [-0.25, -0.2) is 9.69 Å². The van der Waals surface area contributed by atoms with E-state index in [1.165, 1.54) is 6.07 Å². The number of aromatic nitrogens is 6. The summed E-state index contributed by atoms with van der Waals surface area (Å²) in [6, 6.07) is 38.8. The summed E-state index contributed by atoms with van der Waals surface area (Å²) in [5.74, 6) is 0.474. The predicted octanol–water partition coefficient (Wildman–Crippen LogP) is 14.2. The zero-order valence-electron chi connectivity index (χ0n) is 34.3. The molecule has 0 saturated carbocycles. The van der Waals surface area contributed by atoms with Crippen molar-refractivity contribution >= 4 is 76.8 Å². The fourth-order valence-electron chi connectivity index (χ4n) is 9.09. The molecule has 0 aliphatic rings. The fraction of sp³-hybridized carbons (Fsp3) is 0.0962. The highest BCUT2D eigenvalue weighted by atomic mass is 19.4. The lowest BCUT2D eigenvalue weighted by atomic mass is 10.1. The molecular formula is C52H33F3N8. The molecule has 0 amide bonds. The van der Waals surface area contributed by atoms with E-state index in [0.717, 1.165) is 78.0 Å².